The van der Waals surface area contributed by atoms with Crippen LogP contribution in [0, 0.1) is 0 Å². The van der Waals surface area contributed by atoms with E-state index in [-0.39, 0.29) is 0 Å². The maximum Gasteiger partial charge on any atom is 0.161 e. The van der Waals surface area contributed by atoms with Gasteiger partial charge in [0.2, 0.25) is 0 Å². The van der Waals surface area contributed by atoms with Crippen molar-refractivity contribution in [1.82, 2.24) is 0 Å². The standard InChI is InChI=1S/C12H16O2/c13-11(14)12(8-4-5-9-12)10-6-2-1-3-7-10/h1-3,6-7,11,13-14H,4-5,8-9H2. The molecule has 0 heterocycles. The van der Waals surface area contributed by atoms with Crippen LogP contribution in [0.4, 0.5) is 0 Å². The largest absolute Gasteiger partial charge is 0.367 e. The molecule has 14 heavy (non-hydrogen) atoms. The van der Waals surface area contributed by atoms with Gasteiger partial charge in [0, 0.05) is 5.41 Å². The van der Waals surface area contributed by atoms with Crippen LogP contribution >= 0.6 is 0 Å². The molecule has 0 unspecified atom stereocenters. The van der Waals surface area contributed by atoms with E-state index in [4.69, 9.17) is 0 Å². The number of rotatable bonds is 2. The number of aliphatic hydroxyl groups is 2. The Balaban J connectivity index is 2.36. The SMILES string of the molecule is OC(O)C1(c2ccccc2)CCCC1. The highest BCUT2D eigenvalue weighted by Crippen LogP contribution is 2.42. The fourth-order valence-corrected chi connectivity index (χ4v) is 2.47. The van der Waals surface area contributed by atoms with E-state index in [1.54, 1.807) is 0 Å². The average Bonchev–Trinajstić information content (AvgIpc) is 2.69. The normalized spacial score (nSPS) is 20.2. The van der Waals surface area contributed by atoms with Crippen LogP contribution in [0.2, 0.25) is 0 Å². The first-order valence-electron chi connectivity index (χ1n) is 5.17. The number of hydrogen-bond acceptors (Lipinski definition) is 2. The predicted molar refractivity (Wildman–Crippen MR) is 54.8 cm³/mol. The Bertz CT molecular complexity index is 286. The Morgan fingerprint density at radius 2 is 1.57 bits per heavy atom. The van der Waals surface area contributed by atoms with Gasteiger partial charge in [-0.3, -0.25) is 0 Å². The van der Waals surface area contributed by atoms with Crippen molar-refractivity contribution in [2.45, 2.75) is 37.4 Å². The molecular weight excluding hydrogens is 176 g/mol. The van der Waals surface area contributed by atoms with Gasteiger partial charge in [0.15, 0.2) is 6.29 Å². The van der Waals surface area contributed by atoms with Crippen molar-refractivity contribution >= 4 is 0 Å². The van der Waals surface area contributed by atoms with Gasteiger partial charge in [0.05, 0.1) is 0 Å². The van der Waals surface area contributed by atoms with E-state index < -0.39 is 11.7 Å². The van der Waals surface area contributed by atoms with Crippen molar-refractivity contribution in [2.24, 2.45) is 0 Å². The summed E-state index contributed by atoms with van der Waals surface area (Å²) in [5.74, 6) is 0. The van der Waals surface area contributed by atoms with Gasteiger partial charge in [-0.2, -0.15) is 0 Å². The van der Waals surface area contributed by atoms with Crippen LogP contribution in [-0.4, -0.2) is 16.5 Å². The number of aliphatic hydroxyl groups excluding tert-OH is 1. The highest BCUT2D eigenvalue weighted by atomic mass is 16.5. The third kappa shape index (κ3) is 1.45. The van der Waals surface area contributed by atoms with E-state index in [0.717, 1.165) is 31.2 Å². The van der Waals surface area contributed by atoms with Crippen molar-refractivity contribution in [1.29, 1.82) is 0 Å². The quantitative estimate of drug-likeness (QED) is 0.701. The van der Waals surface area contributed by atoms with Gasteiger partial charge in [-0.05, 0) is 18.4 Å². The molecule has 0 aromatic heterocycles. The Morgan fingerprint density at radius 1 is 1.00 bits per heavy atom. The molecule has 1 aromatic carbocycles. The van der Waals surface area contributed by atoms with Gasteiger partial charge >= 0.3 is 0 Å². The summed E-state index contributed by atoms with van der Waals surface area (Å²) in [6, 6.07) is 9.85. The summed E-state index contributed by atoms with van der Waals surface area (Å²) < 4.78 is 0. The summed E-state index contributed by atoms with van der Waals surface area (Å²) in [6.07, 6.45) is 2.72. The second kappa shape index (κ2) is 3.71. The van der Waals surface area contributed by atoms with Crippen LogP contribution in [0.3, 0.4) is 0 Å². The molecule has 1 saturated carbocycles. The highest BCUT2D eigenvalue weighted by Gasteiger charge is 2.41. The lowest BCUT2D eigenvalue weighted by molar-refractivity contribution is -0.0987. The van der Waals surface area contributed by atoms with Crippen LogP contribution in [0.5, 0.6) is 0 Å². The molecule has 1 aliphatic rings. The molecule has 76 valence electrons. The lowest BCUT2D eigenvalue weighted by atomic mass is 9.78. The summed E-state index contributed by atoms with van der Waals surface area (Å²) in [5.41, 5.74) is 0.661. The molecule has 0 saturated heterocycles. The summed E-state index contributed by atoms with van der Waals surface area (Å²) >= 11 is 0. The first-order chi connectivity index (χ1) is 6.76. The highest BCUT2D eigenvalue weighted by molar-refractivity contribution is 5.27. The van der Waals surface area contributed by atoms with Crippen LogP contribution in [-0.2, 0) is 5.41 Å². The molecule has 1 fully saturated rings. The molecule has 2 heteroatoms. The van der Waals surface area contributed by atoms with Crippen molar-refractivity contribution in [2.75, 3.05) is 0 Å². The maximum absolute atomic E-state index is 9.51. The third-order valence-corrected chi connectivity index (χ3v) is 3.34. The van der Waals surface area contributed by atoms with E-state index in [2.05, 4.69) is 0 Å². The first-order valence-corrected chi connectivity index (χ1v) is 5.17. The van der Waals surface area contributed by atoms with Crippen LogP contribution < -0.4 is 0 Å². The van der Waals surface area contributed by atoms with E-state index in [0.29, 0.717) is 0 Å². The number of benzene rings is 1. The van der Waals surface area contributed by atoms with E-state index in [9.17, 15) is 10.2 Å². The van der Waals surface area contributed by atoms with Gasteiger partial charge in [-0.15, -0.1) is 0 Å². The molecule has 2 nitrogen and oxygen atoms in total. The predicted octanol–water partition coefficient (Wildman–Crippen LogP) is 1.81. The molecule has 0 atom stereocenters. The molecule has 2 N–H and O–H groups in total. The third-order valence-electron chi connectivity index (χ3n) is 3.34. The van der Waals surface area contributed by atoms with Crippen molar-refractivity contribution < 1.29 is 10.2 Å². The lowest BCUT2D eigenvalue weighted by Crippen LogP contribution is -2.36. The molecule has 0 amide bonds. The smallest absolute Gasteiger partial charge is 0.161 e. The minimum Gasteiger partial charge on any atom is -0.367 e. The summed E-state index contributed by atoms with van der Waals surface area (Å²) in [6.45, 7) is 0. The minimum atomic E-state index is -1.23. The zero-order valence-electron chi connectivity index (χ0n) is 8.19. The fourth-order valence-electron chi connectivity index (χ4n) is 2.47. The van der Waals surface area contributed by atoms with Gasteiger partial charge in [-0.25, -0.2) is 0 Å². The van der Waals surface area contributed by atoms with Crippen LogP contribution in [0.15, 0.2) is 30.3 Å². The number of hydrogen-bond donors (Lipinski definition) is 2. The van der Waals surface area contributed by atoms with Gasteiger partial charge in [0.1, 0.15) is 0 Å². The van der Waals surface area contributed by atoms with E-state index >= 15 is 0 Å². The van der Waals surface area contributed by atoms with E-state index in [1.807, 2.05) is 30.3 Å². The molecule has 0 bridgehead atoms. The lowest BCUT2D eigenvalue weighted by Gasteiger charge is -2.31. The Hall–Kier alpha value is -0.860. The summed E-state index contributed by atoms with van der Waals surface area (Å²) in [5, 5.41) is 19.0. The molecule has 0 radical (unpaired) electrons. The van der Waals surface area contributed by atoms with Gasteiger partial charge in [0.25, 0.3) is 0 Å². The van der Waals surface area contributed by atoms with Crippen molar-refractivity contribution in [3.63, 3.8) is 0 Å². The average molecular weight is 192 g/mol. The Kier molecular flexibility index (Phi) is 2.57. The molecule has 1 aromatic rings. The zero-order chi connectivity index (χ0) is 10.0. The Morgan fingerprint density at radius 3 is 2.07 bits per heavy atom. The fraction of sp³-hybridized carbons (Fsp3) is 0.500. The van der Waals surface area contributed by atoms with Crippen LogP contribution in [0.25, 0.3) is 0 Å². The summed E-state index contributed by atoms with van der Waals surface area (Å²) in [7, 11) is 0. The van der Waals surface area contributed by atoms with Crippen LogP contribution in [0.1, 0.15) is 31.2 Å². The second-order valence-electron chi connectivity index (χ2n) is 4.10. The zero-order valence-corrected chi connectivity index (χ0v) is 8.19. The van der Waals surface area contributed by atoms with Gasteiger partial charge < -0.3 is 10.2 Å². The second-order valence-corrected chi connectivity index (χ2v) is 4.10. The maximum atomic E-state index is 9.51. The first kappa shape index (κ1) is 9.69. The van der Waals surface area contributed by atoms with Crippen molar-refractivity contribution in [3.05, 3.63) is 35.9 Å². The molecule has 0 spiro atoms. The van der Waals surface area contributed by atoms with Crippen molar-refractivity contribution in [3.8, 4) is 0 Å². The summed E-state index contributed by atoms with van der Waals surface area (Å²) in [4.78, 5) is 0. The van der Waals surface area contributed by atoms with Gasteiger partial charge in [-0.1, -0.05) is 43.2 Å². The Labute approximate surface area is 84.2 Å². The minimum absolute atomic E-state index is 0.402. The molecule has 2 rings (SSSR count). The molecular formula is C12H16O2. The molecule has 1 aliphatic carbocycles. The monoisotopic (exact) mass is 192 g/mol. The molecule has 0 aliphatic heterocycles. The topological polar surface area (TPSA) is 40.5 Å². The van der Waals surface area contributed by atoms with E-state index in [1.165, 1.54) is 0 Å².